The highest BCUT2D eigenvalue weighted by atomic mass is 16.1. The van der Waals surface area contributed by atoms with Gasteiger partial charge in [-0.3, -0.25) is 4.79 Å². The number of carbonyl (C=O) groups is 1. The SMILES string of the molecule is CNC(=O)c1ccc(N)cc1N(CC(C)C)C1CC1. The van der Waals surface area contributed by atoms with Gasteiger partial charge in [-0.25, -0.2) is 0 Å². The zero-order valence-corrected chi connectivity index (χ0v) is 11.9. The summed E-state index contributed by atoms with van der Waals surface area (Å²) in [5, 5.41) is 2.70. The van der Waals surface area contributed by atoms with Gasteiger partial charge < -0.3 is 16.0 Å². The molecule has 1 amide bonds. The topological polar surface area (TPSA) is 58.4 Å². The number of hydrogen-bond donors (Lipinski definition) is 2. The summed E-state index contributed by atoms with van der Waals surface area (Å²) in [4.78, 5) is 14.3. The number of nitrogen functional groups attached to an aromatic ring is 1. The smallest absolute Gasteiger partial charge is 0.253 e. The van der Waals surface area contributed by atoms with E-state index in [0.29, 0.717) is 23.2 Å². The third-order valence-electron chi connectivity index (χ3n) is 3.35. The molecular weight excluding hydrogens is 238 g/mol. The Balaban J connectivity index is 2.38. The second-order valence-electron chi connectivity index (χ2n) is 5.63. The standard InChI is InChI=1S/C15H23N3O/c1-10(2)9-18(12-5-6-12)14-8-11(16)4-7-13(14)15(19)17-3/h4,7-8,10,12H,5-6,9,16H2,1-3H3,(H,17,19). The van der Waals surface area contributed by atoms with E-state index in [1.54, 1.807) is 13.1 Å². The first-order valence-electron chi connectivity index (χ1n) is 6.91. The Kier molecular flexibility index (Phi) is 3.98. The molecule has 1 aliphatic rings. The van der Waals surface area contributed by atoms with Crippen LogP contribution in [0.15, 0.2) is 18.2 Å². The predicted molar refractivity (Wildman–Crippen MR) is 79.5 cm³/mol. The van der Waals surface area contributed by atoms with Crippen LogP contribution in [0.5, 0.6) is 0 Å². The van der Waals surface area contributed by atoms with E-state index in [0.717, 1.165) is 12.2 Å². The second kappa shape index (κ2) is 5.51. The highest BCUT2D eigenvalue weighted by Gasteiger charge is 2.31. The highest BCUT2D eigenvalue weighted by molar-refractivity contribution is 6.00. The lowest BCUT2D eigenvalue weighted by Crippen LogP contribution is -2.32. The summed E-state index contributed by atoms with van der Waals surface area (Å²) >= 11 is 0. The van der Waals surface area contributed by atoms with Gasteiger partial charge in [-0.1, -0.05) is 13.8 Å². The van der Waals surface area contributed by atoms with Crippen LogP contribution in [0.25, 0.3) is 0 Å². The molecule has 0 saturated heterocycles. The monoisotopic (exact) mass is 261 g/mol. The maximum absolute atomic E-state index is 12.0. The number of benzene rings is 1. The maximum Gasteiger partial charge on any atom is 0.253 e. The van der Waals surface area contributed by atoms with E-state index in [4.69, 9.17) is 5.73 Å². The normalized spacial score (nSPS) is 14.5. The van der Waals surface area contributed by atoms with Crippen molar-refractivity contribution < 1.29 is 4.79 Å². The molecule has 0 aromatic heterocycles. The first-order chi connectivity index (χ1) is 9.02. The molecule has 0 heterocycles. The van der Waals surface area contributed by atoms with E-state index >= 15 is 0 Å². The first kappa shape index (κ1) is 13.7. The third kappa shape index (κ3) is 3.19. The summed E-state index contributed by atoms with van der Waals surface area (Å²) in [5.41, 5.74) is 8.29. The molecule has 1 aliphatic carbocycles. The fraction of sp³-hybridized carbons (Fsp3) is 0.533. The quantitative estimate of drug-likeness (QED) is 0.799. The Morgan fingerprint density at radius 2 is 2.16 bits per heavy atom. The van der Waals surface area contributed by atoms with Gasteiger partial charge in [-0.2, -0.15) is 0 Å². The van der Waals surface area contributed by atoms with Gasteiger partial charge in [0.15, 0.2) is 0 Å². The van der Waals surface area contributed by atoms with Gasteiger partial charge in [0.05, 0.1) is 11.3 Å². The minimum Gasteiger partial charge on any atom is -0.399 e. The fourth-order valence-corrected chi connectivity index (χ4v) is 2.34. The van der Waals surface area contributed by atoms with Crippen LogP contribution in [-0.2, 0) is 0 Å². The molecule has 0 atom stereocenters. The van der Waals surface area contributed by atoms with Crippen LogP contribution in [-0.4, -0.2) is 25.5 Å². The number of anilines is 2. The number of nitrogens with two attached hydrogens (primary N) is 1. The average molecular weight is 261 g/mol. The van der Waals surface area contributed by atoms with Gasteiger partial charge in [0.1, 0.15) is 0 Å². The van der Waals surface area contributed by atoms with E-state index in [1.807, 2.05) is 12.1 Å². The summed E-state index contributed by atoms with van der Waals surface area (Å²) in [6.07, 6.45) is 2.41. The van der Waals surface area contributed by atoms with Gasteiger partial charge in [0, 0.05) is 25.3 Å². The van der Waals surface area contributed by atoms with Gasteiger partial charge in [-0.15, -0.1) is 0 Å². The Bertz CT molecular complexity index is 466. The van der Waals surface area contributed by atoms with Crippen LogP contribution in [0.1, 0.15) is 37.0 Å². The molecule has 1 aromatic carbocycles. The predicted octanol–water partition coefficient (Wildman–Crippen LogP) is 2.25. The van der Waals surface area contributed by atoms with Crippen LogP contribution in [0, 0.1) is 5.92 Å². The molecule has 0 bridgehead atoms. The lowest BCUT2D eigenvalue weighted by Gasteiger charge is -2.28. The van der Waals surface area contributed by atoms with E-state index in [1.165, 1.54) is 12.8 Å². The zero-order valence-electron chi connectivity index (χ0n) is 11.9. The van der Waals surface area contributed by atoms with Crippen molar-refractivity contribution in [2.45, 2.75) is 32.7 Å². The molecule has 3 N–H and O–H groups in total. The fourth-order valence-electron chi connectivity index (χ4n) is 2.34. The van der Waals surface area contributed by atoms with Crippen LogP contribution in [0.3, 0.4) is 0 Å². The molecular formula is C15H23N3O. The second-order valence-corrected chi connectivity index (χ2v) is 5.63. The van der Waals surface area contributed by atoms with Crippen molar-refractivity contribution in [2.24, 2.45) is 5.92 Å². The van der Waals surface area contributed by atoms with Gasteiger partial charge in [0.25, 0.3) is 5.91 Å². The molecule has 2 rings (SSSR count). The molecule has 0 spiro atoms. The molecule has 19 heavy (non-hydrogen) atoms. The van der Waals surface area contributed by atoms with Crippen molar-refractivity contribution in [2.75, 3.05) is 24.2 Å². The summed E-state index contributed by atoms with van der Waals surface area (Å²) in [6.45, 7) is 5.35. The number of amides is 1. The van der Waals surface area contributed by atoms with Crippen molar-refractivity contribution in [3.63, 3.8) is 0 Å². The summed E-state index contributed by atoms with van der Waals surface area (Å²) < 4.78 is 0. The Morgan fingerprint density at radius 1 is 1.47 bits per heavy atom. The van der Waals surface area contributed by atoms with Gasteiger partial charge in [-0.05, 0) is 37.0 Å². The molecule has 0 radical (unpaired) electrons. The molecule has 1 saturated carbocycles. The van der Waals surface area contributed by atoms with Crippen LogP contribution >= 0.6 is 0 Å². The number of nitrogens with one attached hydrogen (secondary N) is 1. The van der Waals surface area contributed by atoms with Crippen molar-refractivity contribution in [1.29, 1.82) is 0 Å². The molecule has 4 heteroatoms. The number of rotatable bonds is 5. The maximum atomic E-state index is 12.0. The molecule has 1 fully saturated rings. The van der Waals surface area contributed by atoms with Crippen molar-refractivity contribution in [1.82, 2.24) is 5.32 Å². The van der Waals surface area contributed by atoms with E-state index < -0.39 is 0 Å². The number of nitrogens with zero attached hydrogens (tertiary/aromatic N) is 1. The molecule has 4 nitrogen and oxygen atoms in total. The van der Waals surface area contributed by atoms with Gasteiger partial charge in [0.2, 0.25) is 0 Å². The van der Waals surface area contributed by atoms with E-state index in [2.05, 4.69) is 24.1 Å². The number of carbonyl (C=O) groups excluding carboxylic acids is 1. The largest absolute Gasteiger partial charge is 0.399 e. The third-order valence-corrected chi connectivity index (χ3v) is 3.35. The first-order valence-corrected chi connectivity index (χ1v) is 6.91. The molecule has 104 valence electrons. The lowest BCUT2D eigenvalue weighted by atomic mass is 10.1. The van der Waals surface area contributed by atoms with Crippen LogP contribution in [0.4, 0.5) is 11.4 Å². The van der Waals surface area contributed by atoms with Crippen LogP contribution in [0.2, 0.25) is 0 Å². The van der Waals surface area contributed by atoms with E-state index in [-0.39, 0.29) is 5.91 Å². The summed E-state index contributed by atoms with van der Waals surface area (Å²) in [7, 11) is 1.66. The summed E-state index contributed by atoms with van der Waals surface area (Å²) in [5.74, 6) is 0.504. The average Bonchev–Trinajstić information content (AvgIpc) is 3.19. The van der Waals surface area contributed by atoms with Crippen molar-refractivity contribution >= 4 is 17.3 Å². The lowest BCUT2D eigenvalue weighted by molar-refractivity contribution is 0.0963. The Hall–Kier alpha value is -1.71. The number of hydrogen-bond acceptors (Lipinski definition) is 3. The summed E-state index contributed by atoms with van der Waals surface area (Å²) in [6, 6.07) is 6.09. The molecule has 0 unspecified atom stereocenters. The van der Waals surface area contributed by atoms with Crippen LogP contribution < -0.4 is 16.0 Å². The van der Waals surface area contributed by atoms with Crippen molar-refractivity contribution in [3.05, 3.63) is 23.8 Å². The molecule has 1 aromatic rings. The van der Waals surface area contributed by atoms with Crippen molar-refractivity contribution in [3.8, 4) is 0 Å². The van der Waals surface area contributed by atoms with Gasteiger partial charge >= 0.3 is 0 Å². The zero-order chi connectivity index (χ0) is 14.0. The Morgan fingerprint density at radius 3 is 2.68 bits per heavy atom. The minimum atomic E-state index is -0.0515. The highest BCUT2D eigenvalue weighted by Crippen LogP contribution is 2.35. The minimum absolute atomic E-state index is 0.0515. The molecule has 0 aliphatic heterocycles. The van der Waals surface area contributed by atoms with E-state index in [9.17, 15) is 4.79 Å². The Labute approximate surface area is 115 Å².